The van der Waals surface area contributed by atoms with Crippen molar-refractivity contribution in [3.8, 4) is 6.01 Å². The number of fused-ring (bicyclic) bond motifs is 1. The van der Waals surface area contributed by atoms with Crippen molar-refractivity contribution in [2.45, 2.75) is 70.3 Å². The van der Waals surface area contributed by atoms with E-state index in [2.05, 4.69) is 32.2 Å². The number of aryl methyl sites for hydroxylation is 2. The molecule has 2 aromatic rings. The predicted molar refractivity (Wildman–Crippen MR) is 111 cm³/mol. The summed E-state index contributed by atoms with van der Waals surface area (Å²) in [6, 6.07) is 3.86. The molecule has 1 atom stereocenters. The van der Waals surface area contributed by atoms with Gasteiger partial charge in [-0.15, -0.1) is 0 Å². The van der Waals surface area contributed by atoms with Gasteiger partial charge in [0.05, 0.1) is 6.42 Å². The molecule has 0 fully saturated rings. The molecular formula is C22H28F2N4O3. The number of ether oxygens (including phenoxy) is 1. The summed E-state index contributed by atoms with van der Waals surface area (Å²) >= 11 is 0. The number of hydrogen-bond donors (Lipinski definition) is 2. The molecule has 0 radical (unpaired) electrons. The van der Waals surface area contributed by atoms with Gasteiger partial charge in [-0.2, -0.15) is 8.78 Å². The van der Waals surface area contributed by atoms with Crippen LogP contribution in [0, 0.1) is 0 Å². The van der Waals surface area contributed by atoms with Gasteiger partial charge < -0.3 is 15.2 Å². The average Bonchev–Trinajstić information content (AvgIpc) is 2.75. The van der Waals surface area contributed by atoms with Crippen LogP contribution >= 0.6 is 0 Å². The number of carboxylic acid groups (broad SMARTS) is 1. The molecule has 3 rings (SSSR count). The molecule has 0 spiro atoms. The third-order valence-electron chi connectivity index (χ3n) is 5.42. The summed E-state index contributed by atoms with van der Waals surface area (Å²) in [7, 11) is 0. The molecule has 2 aromatic heterocycles. The van der Waals surface area contributed by atoms with Crippen LogP contribution in [0.4, 0.5) is 14.6 Å². The number of rotatable bonds is 12. The van der Waals surface area contributed by atoms with Crippen LogP contribution in [0.15, 0.2) is 24.5 Å². The van der Waals surface area contributed by atoms with Crippen LogP contribution in [0.1, 0.15) is 67.7 Å². The normalized spacial score (nSPS) is 14.0. The third-order valence-corrected chi connectivity index (χ3v) is 5.42. The van der Waals surface area contributed by atoms with Crippen molar-refractivity contribution in [2.75, 3.05) is 11.9 Å². The first-order chi connectivity index (χ1) is 15.0. The Morgan fingerprint density at radius 1 is 1.16 bits per heavy atom. The van der Waals surface area contributed by atoms with Crippen LogP contribution < -0.4 is 10.1 Å². The van der Waals surface area contributed by atoms with E-state index in [0.717, 1.165) is 63.0 Å². The van der Waals surface area contributed by atoms with E-state index >= 15 is 0 Å². The summed E-state index contributed by atoms with van der Waals surface area (Å²) in [5, 5.41) is 12.5. The maximum absolute atomic E-state index is 12.2. The zero-order valence-electron chi connectivity index (χ0n) is 17.4. The maximum atomic E-state index is 12.2. The van der Waals surface area contributed by atoms with E-state index < -0.39 is 18.6 Å². The molecule has 0 bridgehead atoms. The lowest BCUT2D eigenvalue weighted by Gasteiger charge is -2.17. The molecule has 0 amide bonds. The number of alkyl halides is 2. The van der Waals surface area contributed by atoms with Gasteiger partial charge in [0.15, 0.2) is 0 Å². The minimum atomic E-state index is -2.99. The molecule has 2 N–H and O–H groups in total. The fraction of sp³-hybridized carbons (Fsp3) is 0.545. The smallest absolute Gasteiger partial charge is 0.389 e. The van der Waals surface area contributed by atoms with Crippen LogP contribution in [0.2, 0.25) is 0 Å². The zero-order valence-corrected chi connectivity index (χ0v) is 17.4. The van der Waals surface area contributed by atoms with E-state index in [1.165, 1.54) is 18.0 Å². The summed E-state index contributed by atoms with van der Waals surface area (Å²) in [6.07, 6.45) is 10.4. The molecule has 9 heteroatoms. The van der Waals surface area contributed by atoms with E-state index in [0.29, 0.717) is 12.0 Å². The SMILES string of the molecule is O=C(O)CC(CCCCCCc1ccc2c(n1)NCCC2)c1cnc(OC(F)F)nc1. The van der Waals surface area contributed by atoms with Crippen molar-refractivity contribution in [3.63, 3.8) is 0 Å². The molecule has 1 aliphatic rings. The van der Waals surface area contributed by atoms with Gasteiger partial charge in [0.2, 0.25) is 0 Å². The fourth-order valence-electron chi connectivity index (χ4n) is 3.83. The van der Waals surface area contributed by atoms with E-state index in [4.69, 9.17) is 4.98 Å². The second kappa shape index (κ2) is 11.5. The Morgan fingerprint density at radius 2 is 1.94 bits per heavy atom. The number of unbranched alkanes of at least 4 members (excludes halogenated alkanes) is 3. The number of nitrogens with zero attached hydrogens (tertiary/aromatic N) is 3. The number of carbonyl (C=O) groups is 1. The molecule has 3 heterocycles. The molecule has 168 valence electrons. The molecule has 1 aliphatic heterocycles. The molecule has 0 aliphatic carbocycles. The van der Waals surface area contributed by atoms with Crippen molar-refractivity contribution in [3.05, 3.63) is 41.3 Å². The van der Waals surface area contributed by atoms with E-state index in [1.54, 1.807) is 0 Å². The molecule has 0 saturated carbocycles. The van der Waals surface area contributed by atoms with Gasteiger partial charge in [-0.25, -0.2) is 15.0 Å². The number of carboxylic acids is 1. The van der Waals surface area contributed by atoms with Crippen molar-refractivity contribution in [2.24, 2.45) is 0 Å². The van der Waals surface area contributed by atoms with E-state index in [-0.39, 0.29) is 12.3 Å². The largest absolute Gasteiger partial charge is 0.481 e. The minimum Gasteiger partial charge on any atom is -0.481 e. The second-order valence-corrected chi connectivity index (χ2v) is 7.77. The van der Waals surface area contributed by atoms with Crippen LogP contribution in [0.25, 0.3) is 0 Å². The van der Waals surface area contributed by atoms with Crippen LogP contribution in [0.5, 0.6) is 6.01 Å². The Balaban J connectivity index is 1.42. The van der Waals surface area contributed by atoms with E-state index in [9.17, 15) is 18.7 Å². The third kappa shape index (κ3) is 7.41. The van der Waals surface area contributed by atoms with Crippen LogP contribution in [-0.4, -0.2) is 39.2 Å². The highest BCUT2D eigenvalue weighted by Gasteiger charge is 2.17. The number of halogens is 2. The summed E-state index contributed by atoms with van der Waals surface area (Å²) < 4.78 is 28.6. The summed E-state index contributed by atoms with van der Waals surface area (Å²) in [4.78, 5) is 23.4. The highest BCUT2D eigenvalue weighted by Crippen LogP contribution is 2.26. The van der Waals surface area contributed by atoms with Crippen LogP contribution in [-0.2, 0) is 17.6 Å². The van der Waals surface area contributed by atoms with Crippen molar-refractivity contribution in [1.82, 2.24) is 15.0 Å². The monoisotopic (exact) mass is 434 g/mol. The number of hydrogen-bond acceptors (Lipinski definition) is 6. The number of nitrogens with one attached hydrogen (secondary N) is 1. The summed E-state index contributed by atoms with van der Waals surface area (Å²) in [6.45, 7) is -2.01. The zero-order chi connectivity index (χ0) is 22.1. The number of anilines is 1. The Labute approximate surface area is 180 Å². The molecule has 0 aromatic carbocycles. The van der Waals surface area contributed by atoms with Gasteiger partial charge in [-0.1, -0.05) is 25.3 Å². The van der Waals surface area contributed by atoms with Crippen molar-refractivity contribution in [1.29, 1.82) is 0 Å². The maximum Gasteiger partial charge on any atom is 0.389 e. The molecular weight excluding hydrogens is 406 g/mol. The van der Waals surface area contributed by atoms with Gasteiger partial charge in [-0.05, 0) is 55.2 Å². The van der Waals surface area contributed by atoms with Gasteiger partial charge >= 0.3 is 18.6 Å². The topological polar surface area (TPSA) is 97.2 Å². The molecule has 31 heavy (non-hydrogen) atoms. The van der Waals surface area contributed by atoms with Crippen molar-refractivity contribution >= 4 is 11.8 Å². The number of aliphatic carboxylic acids is 1. The predicted octanol–water partition coefficient (Wildman–Crippen LogP) is 4.58. The van der Waals surface area contributed by atoms with Gasteiger partial charge in [-0.3, -0.25) is 4.79 Å². The minimum absolute atomic E-state index is 0.0511. The first kappa shape index (κ1) is 22.8. The lowest BCUT2D eigenvalue weighted by molar-refractivity contribution is -0.137. The lowest BCUT2D eigenvalue weighted by Crippen LogP contribution is -2.13. The molecule has 7 nitrogen and oxygen atoms in total. The highest BCUT2D eigenvalue weighted by molar-refractivity contribution is 5.68. The van der Waals surface area contributed by atoms with Crippen LogP contribution in [0.3, 0.4) is 0 Å². The van der Waals surface area contributed by atoms with Crippen molar-refractivity contribution < 1.29 is 23.4 Å². The van der Waals surface area contributed by atoms with Gasteiger partial charge in [0, 0.05) is 24.6 Å². The first-order valence-corrected chi connectivity index (χ1v) is 10.7. The van der Waals surface area contributed by atoms with E-state index in [1.807, 2.05) is 0 Å². The standard InChI is InChI=1S/C22H28F2N4O3/c23-21(24)31-22-26-13-17(14-27-22)16(12-19(29)30)6-3-1-2-4-8-18-10-9-15-7-5-11-25-20(15)28-18/h9-10,13-14,16,21H,1-8,11-12H2,(H,25,28)(H,29,30). The Morgan fingerprint density at radius 3 is 2.68 bits per heavy atom. The quantitative estimate of drug-likeness (QED) is 0.472. The molecule has 1 unspecified atom stereocenters. The highest BCUT2D eigenvalue weighted by atomic mass is 19.3. The average molecular weight is 434 g/mol. The fourth-order valence-corrected chi connectivity index (χ4v) is 3.83. The second-order valence-electron chi connectivity index (χ2n) is 7.77. The Hall–Kier alpha value is -2.84. The molecule has 0 saturated heterocycles. The Kier molecular flexibility index (Phi) is 8.49. The lowest BCUT2D eigenvalue weighted by atomic mass is 9.92. The first-order valence-electron chi connectivity index (χ1n) is 10.7. The number of pyridine rings is 1. The number of aromatic nitrogens is 3. The Bertz CT molecular complexity index is 849. The summed E-state index contributed by atoms with van der Waals surface area (Å²) in [5.41, 5.74) is 3.01. The summed E-state index contributed by atoms with van der Waals surface area (Å²) in [5.74, 6) is -0.149. The van der Waals surface area contributed by atoms with Gasteiger partial charge in [0.25, 0.3) is 0 Å². The van der Waals surface area contributed by atoms with Gasteiger partial charge in [0.1, 0.15) is 5.82 Å².